The summed E-state index contributed by atoms with van der Waals surface area (Å²) in [6.07, 6.45) is 0.516. The molecule has 10 nitrogen and oxygen atoms in total. The number of benzene rings is 2. The van der Waals surface area contributed by atoms with Crippen LogP contribution in [0.3, 0.4) is 0 Å². The summed E-state index contributed by atoms with van der Waals surface area (Å²) in [6, 6.07) is 10.5. The van der Waals surface area contributed by atoms with Gasteiger partial charge in [-0.05, 0) is 57.5 Å². The number of aromatic nitrogens is 1. The Morgan fingerprint density at radius 2 is 1.81 bits per heavy atom. The van der Waals surface area contributed by atoms with Gasteiger partial charge in [0.15, 0.2) is 5.58 Å². The number of oxazole rings is 1. The topological polar surface area (TPSA) is 136 Å². The zero-order valence-electron chi connectivity index (χ0n) is 18.0. The van der Waals surface area contributed by atoms with Crippen molar-refractivity contribution in [2.45, 2.75) is 45.7 Å². The van der Waals surface area contributed by atoms with E-state index in [0.29, 0.717) is 23.2 Å². The Morgan fingerprint density at radius 1 is 1.12 bits per heavy atom. The molecule has 0 saturated heterocycles. The minimum Gasteiger partial charge on any atom is -0.407 e. The number of nitrogens with zero attached hydrogens (tertiary/aromatic N) is 2. The summed E-state index contributed by atoms with van der Waals surface area (Å²) in [5, 5.41) is 16.5. The number of nitro benzene ring substituents is 1. The molecule has 3 aromatic rings. The van der Waals surface area contributed by atoms with E-state index >= 15 is 0 Å². The number of hydrogen-bond acceptors (Lipinski definition) is 6. The summed E-state index contributed by atoms with van der Waals surface area (Å²) >= 11 is 0. The first kappa shape index (κ1) is 22.7. The molecule has 0 aliphatic heterocycles. The zero-order chi connectivity index (χ0) is 23.5. The van der Waals surface area contributed by atoms with Crippen LogP contribution in [0.4, 0.5) is 11.4 Å². The largest absolute Gasteiger partial charge is 0.419 e. The number of rotatable bonds is 7. The number of non-ortho nitro benzene ring substituents is 1. The van der Waals surface area contributed by atoms with Crippen LogP contribution in [0.1, 0.15) is 44.0 Å². The lowest BCUT2D eigenvalue weighted by atomic mass is 10.1. The van der Waals surface area contributed by atoms with E-state index in [-0.39, 0.29) is 41.6 Å². The van der Waals surface area contributed by atoms with Crippen LogP contribution in [-0.4, -0.2) is 26.8 Å². The summed E-state index contributed by atoms with van der Waals surface area (Å²) in [5.74, 6) is -1.07. The highest BCUT2D eigenvalue weighted by atomic mass is 16.6. The Hall–Kier alpha value is -3.95. The van der Waals surface area contributed by atoms with Gasteiger partial charge in [-0.15, -0.1) is 0 Å². The molecule has 168 valence electrons. The average molecular weight is 440 g/mol. The number of fused-ring (bicyclic) bond motifs is 1. The minimum absolute atomic E-state index is 0.129. The van der Waals surface area contributed by atoms with E-state index in [1.165, 1.54) is 22.8 Å². The number of anilines is 1. The molecule has 2 N–H and O–H groups in total. The van der Waals surface area contributed by atoms with Crippen molar-refractivity contribution in [3.05, 3.63) is 68.7 Å². The third-order valence-corrected chi connectivity index (χ3v) is 4.57. The van der Waals surface area contributed by atoms with Gasteiger partial charge in [0, 0.05) is 35.8 Å². The molecule has 3 rings (SSSR count). The molecule has 0 spiro atoms. The van der Waals surface area contributed by atoms with E-state index in [4.69, 9.17) is 4.42 Å². The van der Waals surface area contributed by atoms with Crippen molar-refractivity contribution < 1.29 is 18.9 Å². The molecular formula is C22H24N4O6. The van der Waals surface area contributed by atoms with Crippen molar-refractivity contribution >= 4 is 34.3 Å². The monoisotopic (exact) mass is 440 g/mol. The highest BCUT2D eigenvalue weighted by molar-refractivity contribution is 5.96. The van der Waals surface area contributed by atoms with Gasteiger partial charge in [0.2, 0.25) is 5.91 Å². The molecule has 0 aliphatic carbocycles. The van der Waals surface area contributed by atoms with Crippen molar-refractivity contribution in [2.24, 2.45) is 0 Å². The Labute approximate surface area is 183 Å². The Balaban J connectivity index is 1.55. The van der Waals surface area contributed by atoms with Crippen LogP contribution in [-0.2, 0) is 11.3 Å². The lowest BCUT2D eigenvalue weighted by Crippen LogP contribution is -2.40. The van der Waals surface area contributed by atoms with Gasteiger partial charge in [-0.25, -0.2) is 4.79 Å². The quantitative estimate of drug-likeness (QED) is 0.426. The third-order valence-electron chi connectivity index (χ3n) is 4.57. The van der Waals surface area contributed by atoms with E-state index in [1.807, 2.05) is 20.8 Å². The fourth-order valence-corrected chi connectivity index (χ4v) is 3.12. The molecule has 32 heavy (non-hydrogen) atoms. The van der Waals surface area contributed by atoms with Gasteiger partial charge >= 0.3 is 5.76 Å². The third kappa shape index (κ3) is 5.60. The molecule has 1 aromatic heterocycles. The number of carbonyl (C=O) groups is 2. The molecule has 0 aliphatic rings. The Morgan fingerprint density at radius 3 is 2.44 bits per heavy atom. The predicted molar refractivity (Wildman–Crippen MR) is 119 cm³/mol. The van der Waals surface area contributed by atoms with Crippen molar-refractivity contribution in [1.29, 1.82) is 0 Å². The van der Waals surface area contributed by atoms with E-state index in [9.17, 15) is 24.5 Å². The van der Waals surface area contributed by atoms with Crippen LogP contribution in [0, 0.1) is 10.1 Å². The van der Waals surface area contributed by atoms with Crippen LogP contribution in [0.5, 0.6) is 0 Å². The summed E-state index contributed by atoms with van der Waals surface area (Å²) < 4.78 is 6.42. The van der Waals surface area contributed by atoms with Crippen LogP contribution < -0.4 is 16.4 Å². The average Bonchev–Trinajstić information content (AvgIpc) is 3.01. The lowest BCUT2D eigenvalue weighted by molar-refractivity contribution is -0.384. The lowest BCUT2D eigenvalue weighted by Gasteiger charge is -2.20. The van der Waals surface area contributed by atoms with E-state index in [1.54, 1.807) is 24.3 Å². The summed E-state index contributed by atoms with van der Waals surface area (Å²) in [4.78, 5) is 46.7. The molecule has 0 atom stereocenters. The van der Waals surface area contributed by atoms with Crippen molar-refractivity contribution in [1.82, 2.24) is 9.88 Å². The van der Waals surface area contributed by atoms with Gasteiger partial charge in [0.1, 0.15) is 0 Å². The van der Waals surface area contributed by atoms with Crippen LogP contribution in [0.2, 0.25) is 0 Å². The van der Waals surface area contributed by atoms with E-state index in [0.717, 1.165) is 0 Å². The van der Waals surface area contributed by atoms with Gasteiger partial charge in [0.05, 0.1) is 16.5 Å². The second kappa shape index (κ2) is 9.04. The van der Waals surface area contributed by atoms with Crippen molar-refractivity contribution in [3.8, 4) is 0 Å². The van der Waals surface area contributed by atoms with Crippen molar-refractivity contribution in [2.75, 3.05) is 5.32 Å². The summed E-state index contributed by atoms with van der Waals surface area (Å²) in [7, 11) is 0. The SMILES string of the molecule is CC(C)(C)NC(=O)c1ccc(NC(=O)CCCn2c(=O)oc3cc([N+](=O)[O-])ccc32)cc1. The molecule has 0 unspecified atom stereocenters. The summed E-state index contributed by atoms with van der Waals surface area (Å²) in [6.45, 7) is 5.90. The second-order valence-electron chi connectivity index (χ2n) is 8.36. The number of carbonyl (C=O) groups excluding carboxylic acids is 2. The molecule has 0 fully saturated rings. The molecule has 1 heterocycles. The number of amides is 2. The molecule has 2 aromatic carbocycles. The normalized spacial score (nSPS) is 11.3. The molecule has 0 bridgehead atoms. The molecular weight excluding hydrogens is 416 g/mol. The van der Waals surface area contributed by atoms with E-state index < -0.39 is 10.7 Å². The second-order valence-corrected chi connectivity index (χ2v) is 8.36. The molecule has 10 heteroatoms. The first-order valence-corrected chi connectivity index (χ1v) is 10.0. The first-order chi connectivity index (χ1) is 15.0. The standard InChI is InChI=1S/C22H24N4O6/c1-22(2,3)24-20(28)14-6-8-15(9-7-14)23-19(27)5-4-12-25-17-11-10-16(26(30)31)13-18(17)32-21(25)29/h6-11,13H,4-5,12H2,1-3H3,(H,23,27)(H,24,28). The minimum atomic E-state index is -0.634. The number of nitro groups is 1. The number of aryl methyl sites for hydroxylation is 1. The smallest absolute Gasteiger partial charge is 0.407 e. The maximum Gasteiger partial charge on any atom is 0.419 e. The summed E-state index contributed by atoms with van der Waals surface area (Å²) in [5.41, 5.74) is 1.10. The maximum atomic E-state index is 12.2. The van der Waals surface area contributed by atoms with Gasteiger partial charge in [-0.3, -0.25) is 24.3 Å². The van der Waals surface area contributed by atoms with Gasteiger partial charge in [0.25, 0.3) is 11.6 Å². The molecule has 0 radical (unpaired) electrons. The fraction of sp³-hybridized carbons (Fsp3) is 0.318. The predicted octanol–water partition coefficient (Wildman–Crippen LogP) is 3.45. The maximum absolute atomic E-state index is 12.2. The molecule has 2 amide bonds. The first-order valence-electron chi connectivity index (χ1n) is 10.0. The Kier molecular flexibility index (Phi) is 6.42. The van der Waals surface area contributed by atoms with Crippen LogP contribution >= 0.6 is 0 Å². The zero-order valence-corrected chi connectivity index (χ0v) is 18.0. The molecule has 0 saturated carbocycles. The highest BCUT2D eigenvalue weighted by Gasteiger charge is 2.16. The Bertz CT molecular complexity index is 1220. The number of hydrogen-bond donors (Lipinski definition) is 2. The van der Waals surface area contributed by atoms with E-state index in [2.05, 4.69) is 10.6 Å². The number of nitrogens with one attached hydrogen (secondary N) is 2. The fourth-order valence-electron chi connectivity index (χ4n) is 3.12. The van der Waals surface area contributed by atoms with Crippen LogP contribution in [0.15, 0.2) is 51.7 Å². The van der Waals surface area contributed by atoms with Gasteiger partial charge in [-0.1, -0.05) is 0 Å². The van der Waals surface area contributed by atoms with Gasteiger partial charge in [-0.2, -0.15) is 0 Å². The van der Waals surface area contributed by atoms with Crippen LogP contribution in [0.25, 0.3) is 11.1 Å². The highest BCUT2D eigenvalue weighted by Crippen LogP contribution is 2.20. The van der Waals surface area contributed by atoms with Gasteiger partial charge < -0.3 is 15.1 Å². The van der Waals surface area contributed by atoms with Crippen molar-refractivity contribution in [3.63, 3.8) is 0 Å².